The van der Waals surface area contributed by atoms with Crippen LogP contribution in [-0.2, 0) is 4.79 Å². The van der Waals surface area contributed by atoms with Gasteiger partial charge >= 0.3 is 5.97 Å². The number of carboxylic acid groups (broad SMARTS) is 1. The van der Waals surface area contributed by atoms with Crippen LogP contribution in [-0.4, -0.2) is 16.2 Å². The highest BCUT2D eigenvalue weighted by atomic mass is 32.1. The van der Waals surface area contributed by atoms with Gasteiger partial charge in [0.1, 0.15) is 5.75 Å². The van der Waals surface area contributed by atoms with Crippen LogP contribution in [0.15, 0.2) is 24.3 Å². The van der Waals surface area contributed by atoms with Crippen LogP contribution in [0.3, 0.4) is 0 Å². The van der Waals surface area contributed by atoms with Gasteiger partial charge in [0.25, 0.3) is 0 Å². The van der Waals surface area contributed by atoms with E-state index in [1.807, 2.05) is 6.07 Å². The molecule has 0 aliphatic rings. The van der Waals surface area contributed by atoms with Crippen molar-refractivity contribution in [3.8, 4) is 5.75 Å². The minimum absolute atomic E-state index is 0.201. The van der Waals surface area contributed by atoms with E-state index in [9.17, 15) is 9.90 Å². The lowest BCUT2D eigenvalue weighted by Crippen LogP contribution is -2.04. The topological polar surface area (TPSA) is 57.5 Å². The first kappa shape index (κ1) is 9.98. The monoisotopic (exact) mass is 222 g/mol. The fraction of sp³-hybridized carbons (Fsp3) is 0.182. The van der Waals surface area contributed by atoms with E-state index in [0.717, 1.165) is 15.0 Å². The number of fused-ring (bicyclic) bond motifs is 1. The molecular formula is C11H10O3S. The van der Waals surface area contributed by atoms with Crippen molar-refractivity contribution in [2.45, 2.75) is 12.8 Å². The Labute approximate surface area is 90.6 Å². The number of carbonyl (C=O) groups is 1. The van der Waals surface area contributed by atoms with E-state index < -0.39 is 11.9 Å². The van der Waals surface area contributed by atoms with Crippen LogP contribution in [0.4, 0.5) is 0 Å². The average molecular weight is 222 g/mol. The summed E-state index contributed by atoms with van der Waals surface area (Å²) in [6, 6.07) is 6.97. The lowest BCUT2D eigenvalue weighted by Gasteiger charge is -1.99. The fourth-order valence-electron chi connectivity index (χ4n) is 1.40. The molecule has 0 spiro atoms. The molecule has 78 valence electrons. The lowest BCUT2D eigenvalue weighted by atomic mass is 10.1. The Bertz CT molecular complexity index is 516. The van der Waals surface area contributed by atoms with Gasteiger partial charge < -0.3 is 10.2 Å². The van der Waals surface area contributed by atoms with Gasteiger partial charge in [-0.05, 0) is 25.1 Å². The van der Waals surface area contributed by atoms with Gasteiger partial charge in [0.05, 0.1) is 5.92 Å². The molecule has 1 aromatic heterocycles. The number of phenolic OH excluding ortho intramolecular Hbond substituents is 1. The fourth-order valence-corrected chi connectivity index (χ4v) is 2.53. The standard InChI is InChI=1S/C11H10O3S/c1-6(11(13)14)10-5-7-8(12)3-2-4-9(7)15-10/h2-6,12H,1H3,(H,13,14). The Hall–Kier alpha value is -1.55. The third-order valence-corrected chi connectivity index (χ3v) is 3.64. The number of hydrogen-bond donors (Lipinski definition) is 2. The summed E-state index contributed by atoms with van der Waals surface area (Å²) in [7, 11) is 0. The lowest BCUT2D eigenvalue weighted by molar-refractivity contribution is -0.138. The molecule has 2 N–H and O–H groups in total. The average Bonchev–Trinajstić information content (AvgIpc) is 2.61. The molecule has 0 radical (unpaired) electrons. The Morgan fingerprint density at radius 2 is 2.20 bits per heavy atom. The zero-order chi connectivity index (χ0) is 11.0. The molecule has 0 bridgehead atoms. The van der Waals surface area contributed by atoms with Crippen molar-refractivity contribution in [1.29, 1.82) is 0 Å². The van der Waals surface area contributed by atoms with Gasteiger partial charge in [-0.2, -0.15) is 0 Å². The normalized spacial score (nSPS) is 12.9. The molecule has 2 rings (SSSR count). The van der Waals surface area contributed by atoms with Gasteiger partial charge in [-0.1, -0.05) is 6.07 Å². The summed E-state index contributed by atoms with van der Waals surface area (Å²) in [5, 5.41) is 19.2. The van der Waals surface area contributed by atoms with E-state index in [1.165, 1.54) is 11.3 Å². The van der Waals surface area contributed by atoms with E-state index >= 15 is 0 Å². The van der Waals surface area contributed by atoms with E-state index in [2.05, 4.69) is 0 Å². The SMILES string of the molecule is CC(C(=O)O)c1cc2c(O)cccc2s1. The number of rotatable bonds is 2. The molecule has 0 amide bonds. The van der Waals surface area contributed by atoms with Crippen LogP contribution >= 0.6 is 11.3 Å². The highest BCUT2D eigenvalue weighted by molar-refractivity contribution is 7.19. The zero-order valence-electron chi connectivity index (χ0n) is 8.10. The molecule has 0 fully saturated rings. The number of aliphatic carboxylic acids is 1. The first-order chi connectivity index (χ1) is 7.09. The number of hydrogen-bond acceptors (Lipinski definition) is 3. The summed E-state index contributed by atoms with van der Waals surface area (Å²) in [6.45, 7) is 1.64. The number of phenols is 1. The van der Waals surface area contributed by atoms with Gasteiger partial charge in [-0.15, -0.1) is 11.3 Å². The smallest absolute Gasteiger partial charge is 0.311 e. The van der Waals surface area contributed by atoms with Crippen molar-refractivity contribution in [3.05, 3.63) is 29.1 Å². The van der Waals surface area contributed by atoms with Gasteiger partial charge in [0.15, 0.2) is 0 Å². The number of carboxylic acids is 1. The Morgan fingerprint density at radius 1 is 1.47 bits per heavy atom. The Morgan fingerprint density at radius 3 is 2.80 bits per heavy atom. The zero-order valence-corrected chi connectivity index (χ0v) is 8.91. The summed E-state index contributed by atoms with van der Waals surface area (Å²) in [5.74, 6) is -1.17. The van der Waals surface area contributed by atoms with Gasteiger partial charge in [-0.25, -0.2) is 0 Å². The third kappa shape index (κ3) is 1.68. The molecule has 1 unspecified atom stereocenters. The third-order valence-electron chi connectivity index (χ3n) is 2.35. The molecule has 1 aromatic carbocycles. The second-order valence-electron chi connectivity index (χ2n) is 3.40. The largest absolute Gasteiger partial charge is 0.507 e. The van der Waals surface area contributed by atoms with Crippen molar-refractivity contribution in [3.63, 3.8) is 0 Å². The van der Waals surface area contributed by atoms with Gasteiger partial charge in [0, 0.05) is 15.0 Å². The van der Waals surface area contributed by atoms with Crippen molar-refractivity contribution in [1.82, 2.24) is 0 Å². The van der Waals surface area contributed by atoms with Crippen molar-refractivity contribution in [2.24, 2.45) is 0 Å². The maximum Gasteiger partial charge on any atom is 0.311 e. The van der Waals surface area contributed by atoms with Crippen LogP contribution < -0.4 is 0 Å². The quantitative estimate of drug-likeness (QED) is 0.821. The van der Waals surface area contributed by atoms with E-state index in [-0.39, 0.29) is 5.75 Å². The van der Waals surface area contributed by atoms with Crippen LogP contribution in [0.2, 0.25) is 0 Å². The van der Waals surface area contributed by atoms with E-state index in [1.54, 1.807) is 25.1 Å². The second-order valence-corrected chi connectivity index (χ2v) is 4.51. The number of aromatic hydroxyl groups is 1. The first-order valence-corrected chi connectivity index (χ1v) is 5.35. The predicted octanol–water partition coefficient (Wildman–Crippen LogP) is 2.80. The van der Waals surface area contributed by atoms with Crippen LogP contribution in [0, 0.1) is 0 Å². The summed E-state index contributed by atoms with van der Waals surface area (Å²) in [6.07, 6.45) is 0. The molecule has 0 aliphatic carbocycles. The number of benzene rings is 1. The van der Waals surface area contributed by atoms with E-state index in [0.29, 0.717) is 0 Å². The van der Waals surface area contributed by atoms with Crippen molar-refractivity contribution >= 4 is 27.4 Å². The number of thiophene rings is 1. The van der Waals surface area contributed by atoms with E-state index in [4.69, 9.17) is 5.11 Å². The molecule has 1 heterocycles. The van der Waals surface area contributed by atoms with Crippen molar-refractivity contribution in [2.75, 3.05) is 0 Å². The molecule has 4 heteroatoms. The molecule has 0 aliphatic heterocycles. The Balaban J connectivity index is 2.56. The molecule has 3 nitrogen and oxygen atoms in total. The molecule has 0 saturated carbocycles. The first-order valence-electron chi connectivity index (χ1n) is 4.54. The maximum atomic E-state index is 10.8. The maximum absolute atomic E-state index is 10.8. The molecule has 2 aromatic rings. The van der Waals surface area contributed by atoms with Crippen molar-refractivity contribution < 1.29 is 15.0 Å². The summed E-state index contributed by atoms with van der Waals surface area (Å²) in [5.41, 5.74) is 0. The van der Waals surface area contributed by atoms with Gasteiger partial charge in [0.2, 0.25) is 0 Å². The molecule has 1 atom stereocenters. The van der Waals surface area contributed by atoms with Crippen LogP contribution in [0.25, 0.3) is 10.1 Å². The predicted molar refractivity (Wildman–Crippen MR) is 59.5 cm³/mol. The minimum atomic E-state index is -0.846. The molecule has 15 heavy (non-hydrogen) atoms. The van der Waals surface area contributed by atoms with Gasteiger partial charge in [-0.3, -0.25) is 4.79 Å². The summed E-state index contributed by atoms with van der Waals surface area (Å²) >= 11 is 1.41. The second kappa shape index (κ2) is 3.55. The summed E-state index contributed by atoms with van der Waals surface area (Å²) in [4.78, 5) is 11.6. The van der Waals surface area contributed by atoms with Crippen LogP contribution in [0.5, 0.6) is 5.75 Å². The molecular weight excluding hydrogens is 212 g/mol. The highest BCUT2D eigenvalue weighted by Gasteiger charge is 2.17. The molecule has 0 saturated heterocycles. The Kier molecular flexibility index (Phi) is 2.36. The minimum Gasteiger partial charge on any atom is -0.507 e. The highest BCUT2D eigenvalue weighted by Crippen LogP contribution is 2.35. The van der Waals surface area contributed by atoms with Crippen LogP contribution in [0.1, 0.15) is 17.7 Å². The summed E-state index contributed by atoms with van der Waals surface area (Å²) < 4.78 is 0.915.